The van der Waals surface area contributed by atoms with Crippen LogP contribution in [0.4, 0.5) is 0 Å². The Morgan fingerprint density at radius 2 is 2.21 bits per heavy atom. The lowest BCUT2D eigenvalue weighted by molar-refractivity contribution is -0.129. The monoisotopic (exact) mass is 279 g/mol. The van der Waals surface area contributed by atoms with Gasteiger partial charge in [-0.1, -0.05) is 6.07 Å². The summed E-state index contributed by atoms with van der Waals surface area (Å²) in [6.07, 6.45) is 3.88. The van der Waals surface area contributed by atoms with Crippen molar-refractivity contribution in [2.45, 2.75) is 18.6 Å². The van der Waals surface area contributed by atoms with E-state index in [1.807, 2.05) is 23.1 Å². The van der Waals surface area contributed by atoms with Crippen molar-refractivity contribution in [3.05, 3.63) is 30.1 Å². The number of nitrogens with two attached hydrogens (primary N) is 1. The van der Waals surface area contributed by atoms with Crippen molar-refractivity contribution in [1.29, 1.82) is 0 Å². The van der Waals surface area contributed by atoms with Gasteiger partial charge in [-0.25, -0.2) is 0 Å². The molecule has 0 radical (unpaired) electrons. The normalized spacial score (nSPS) is 16.6. The summed E-state index contributed by atoms with van der Waals surface area (Å²) in [6.45, 7) is 2.48. The zero-order chi connectivity index (χ0) is 13.5. The van der Waals surface area contributed by atoms with Crippen molar-refractivity contribution in [3.8, 4) is 0 Å². The van der Waals surface area contributed by atoms with Gasteiger partial charge in [-0.15, -0.1) is 11.8 Å². The van der Waals surface area contributed by atoms with Crippen LogP contribution in [-0.4, -0.2) is 41.2 Å². The number of likely N-dealkylation sites (tertiary alicyclic amines) is 1. The standard InChI is InChI=1S/C14H21N3OS/c15-9-12-4-7-17(8-5-12)14(18)11-19-10-13-3-1-2-6-16-13/h1-3,6,12H,4-5,7-11,15H2. The maximum Gasteiger partial charge on any atom is 0.232 e. The van der Waals surface area contributed by atoms with Crippen LogP contribution in [-0.2, 0) is 10.5 Å². The van der Waals surface area contributed by atoms with Gasteiger partial charge in [0.1, 0.15) is 0 Å². The molecule has 1 aliphatic rings. The van der Waals surface area contributed by atoms with Crippen LogP contribution < -0.4 is 5.73 Å². The second-order valence-corrected chi connectivity index (χ2v) is 5.86. The average Bonchev–Trinajstić information content (AvgIpc) is 2.48. The highest BCUT2D eigenvalue weighted by Gasteiger charge is 2.21. The molecule has 2 heterocycles. The van der Waals surface area contributed by atoms with Gasteiger partial charge in [-0.3, -0.25) is 9.78 Å². The number of rotatable bonds is 5. The first-order chi connectivity index (χ1) is 9.29. The Bertz CT molecular complexity index is 391. The number of hydrogen-bond acceptors (Lipinski definition) is 4. The van der Waals surface area contributed by atoms with Crippen molar-refractivity contribution >= 4 is 17.7 Å². The Kier molecular flexibility index (Phi) is 5.66. The number of pyridine rings is 1. The predicted octanol–water partition coefficient (Wildman–Crippen LogP) is 1.51. The Morgan fingerprint density at radius 3 is 2.84 bits per heavy atom. The summed E-state index contributed by atoms with van der Waals surface area (Å²) in [5, 5.41) is 0. The predicted molar refractivity (Wildman–Crippen MR) is 78.8 cm³/mol. The van der Waals surface area contributed by atoms with E-state index in [4.69, 9.17) is 5.73 Å². The van der Waals surface area contributed by atoms with Gasteiger partial charge in [0.15, 0.2) is 0 Å². The molecule has 104 valence electrons. The third-order valence-corrected chi connectivity index (χ3v) is 4.45. The van der Waals surface area contributed by atoms with Gasteiger partial charge in [-0.05, 0) is 37.4 Å². The number of thioether (sulfide) groups is 1. The van der Waals surface area contributed by atoms with E-state index >= 15 is 0 Å². The highest BCUT2D eigenvalue weighted by molar-refractivity contribution is 7.99. The zero-order valence-corrected chi connectivity index (χ0v) is 11.9. The third-order valence-electron chi connectivity index (χ3n) is 3.50. The van der Waals surface area contributed by atoms with Crippen LogP contribution in [0.2, 0.25) is 0 Å². The molecule has 0 spiro atoms. The van der Waals surface area contributed by atoms with Crippen LogP contribution in [0.15, 0.2) is 24.4 Å². The average molecular weight is 279 g/mol. The van der Waals surface area contributed by atoms with E-state index in [1.54, 1.807) is 18.0 Å². The molecule has 0 atom stereocenters. The fourth-order valence-corrected chi connectivity index (χ4v) is 3.07. The Labute approximate surface area is 118 Å². The lowest BCUT2D eigenvalue weighted by atomic mass is 9.97. The lowest BCUT2D eigenvalue weighted by Crippen LogP contribution is -2.40. The van der Waals surface area contributed by atoms with Gasteiger partial charge < -0.3 is 10.6 Å². The Hall–Kier alpha value is -1.07. The second-order valence-electron chi connectivity index (χ2n) is 4.87. The van der Waals surface area contributed by atoms with Crippen molar-refractivity contribution in [2.75, 3.05) is 25.4 Å². The van der Waals surface area contributed by atoms with Crippen LogP contribution in [0, 0.1) is 5.92 Å². The van der Waals surface area contributed by atoms with E-state index < -0.39 is 0 Å². The van der Waals surface area contributed by atoms with Gasteiger partial charge in [0, 0.05) is 25.0 Å². The quantitative estimate of drug-likeness (QED) is 0.887. The van der Waals surface area contributed by atoms with Crippen LogP contribution in [0.3, 0.4) is 0 Å². The van der Waals surface area contributed by atoms with Gasteiger partial charge in [-0.2, -0.15) is 0 Å². The van der Waals surface area contributed by atoms with Gasteiger partial charge in [0.05, 0.1) is 11.4 Å². The Morgan fingerprint density at radius 1 is 1.42 bits per heavy atom. The minimum atomic E-state index is 0.247. The summed E-state index contributed by atoms with van der Waals surface area (Å²) in [6, 6.07) is 5.87. The minimum Gasteiger partial charge on any atom is -0.342 e. The number of piperidine rings is 1. The van der Waals surface area contributed by atoms with E-state index in [1.165, 1.54) is 0 Å². The molecule has 1 fully saturated rings. The number of amides is 1. The van der Waals surface area contributed by atoms with E-state index in [0.29, 0.717) is 11.7 Å². The first-order valence-electron chi connectivity index (χ1n) is 6.75. The molecule has 1 aliphatic heterocycles. The maximum absolute atomic E-state index is 12.0. The zero-order valence-electron chi connectivity index (χ0n) is 11.1. The fraction of sp³-hybridized carbons (Fsp3) is 0.571. The molecular weight excluding hydrogens is 258 g/mol. The number of aromatic nitrogens is 1. The summed E-state index contributed by atoms with van der Waals surface area (Å²) >= 11 is 1.64. The fourth-order valence-electron chi connectivity index (χ4n) is 2.24. The van der Waals surface area contributed by atoms with Crippen molar-refractivity contribution in [3.63, 3.8) is 0 Å². The molecule has 1 saturated heterocycles. The lowest BCUT2D eigenvalue weighted by Gasteiger charge is -2.31. The van der Waals surface area contributed by atoms with E-state index in [9.17, 15) is 4.79 Å². The van der Waals surface area contributed by atoms with E-state index in [0.717, 1.165) is 43.9 Å². The first kappa shape index (κ1) is 14.3. The topological polar surface area (TPSA) is 59.2 Å². The molecule has 1 amide bonds. The molecule has 2 N–H and O–H groups in total. The molecule has 1 aromatic rings. The molecule has 0 unspecified atom stereocenters. The molecule has 19 heavy (non-hydrogen) atoms. The number of nitrogens with zero attached hydrogens (tertiary/aromatic N) is 2. The summed E-state index contributed by atoms with van der Waals surface area (Å²) in [4.78, 5) is 18.3. The van der Waals surface area contributed by atoms with Crippen LogP contribution >= 0.6 is 11.8 Å². The van der Waals surface area contributed by atoms with Crippen LogP contribution in [0.5, 0.6) is 0 Å². The summed E-state index contributed by atoms with van der Waals surface area (Å²) in [5.74, 6) is 2.19. The molecule has 2 rings (SSSR count). The first-order valence-corrected chi connectivity index (χ1v) is 7.90. The molecule has 0 aliphatic carbocycles. The highest BCUT2D eigenvalue weighted by Crippen LogP contribution is 2.17. The largest absolute Gasteiger partial charge is 0.342 e. The van der Waals surface area contributed by atoms with Crippen molar-refractivity contribution in [1.82, 2.24) is 9.88 Å². The highest BCUT2D eigenvalue weighted by atomic mass is 32.2. The summed E-state index contributed by atoms with van der Waals surface area (Å²) in [5.41, 5.74) is 6.68. The number of hydrogen-bond donors (Lipinski definition) is 1. The maximum atomic E-state index is 12.0. The molecular formula is C14H21N3OS. The smallest absolute Gasteiger partial charge is 0.232 e. The number of carbonyl (C=O) groups excluding carboxylic acids is 1. The molecule has 5 heteroatoms. The summed E-state index contributed by atoms with van der Waals surface area (Å²) in [7, 11) is 0. The molecule has 0 bridgehead atoms. The number of carbonyl (C=O) groups is 1. The Balaban J connectivity index is 1.67. The molecule has 0 aromatic carbocycles. The van der Waals surface area contributed by atoms with Crippen molar-refractivity contribution in [2.24, 2.45) is 11.7 Å². The second kappa shape index (κ2) is 7.50. The van der Waals surface area contributed by atoms with E-state index in [2.05, 4.69) is 4.98 Å². The van der Waals surface area contributed by atoms with Crippen LogP contribution in [0.25, 0.3) is 0 Å². The van der Waals surface area contributed by atoms with Gasteiger partial charge in [0.25, 0.3) is 0 Å². The summed E-state index contributed by atoms with van der Waals surface area (Å²) < 4.78 is 0. The van der Waals surface area contributed by atoms with Gasteiger partial charge >= 0.3 is 0 Å². The van der Waals surface area contributed by atoms with Crippen molar-refractivity contribution < 1.29 is 4.79 Å². The van der Waals surface area contributed by atoms with Crippen LogP contribution in [0.1, 0.15) is 18.5 Å². The third kappa shape index (κ3) is 4.51. The molecule has 1 aromatic heterocycles. The minimum absolute atomic E-state index is 0.247. The molecule has 0 saturated carbocycles. The van der Waals surface area contributed by atoms with Gasteiger partial charge in [0.2, 0.25) is 5.91 Å². The van der Waals surface area contributed by atoms with E-state index in [-0.39, 0.29) is 5.91 Å². The molecule has 4 nitrogen and oxygen atoms in total. The SMILES string of the molecule is NCC1CCN(C(=O)CSCc2ccccn2)CC1.